The van der Waals surface area contributed by atoms with Gasteiger partial charge in [0.2, 0.25) is 0 Å². The Bertz CT molecular complexity index is 618. The lowest BCUT2D eigenvalue weighted by atomic mass is 10.2. The zero-order valence-electron chi connectivity index (χ0n) is 11.9. The molecule has 2 N–H and O–H groups in total. The molecule has 0 aliphatic heterocycles. The summed E-state index contributed by atoms with van der Waals surface area (Å²) >= 11 is 0. The quantitative estimate of drug-likeness (QED) is 0.787. The van der Waals surface area contributed by atoms with Gasteiger partial charge in [-0.15, -0.1) is 0 Å². The first-order valence-electron chi connectivity index (χ1n) is 6.67. The Kier molecular flexibility index (Phi) is 5.32. The minimum absolute atomic E-state index is 0.138. The minimum Gasteiger partial charge on any atom is -0.489 e. The summed E-state index contributed by atoms with van der Waals surface area (Å²) in [5, 5.41) is 26.0. The number of hydrogen-bond acceptors (Lipinski definition) is 5. The van der Waals surface area contributed by atoms with E-state index in [1.54, 1.807) is 35.1 Å². The summed E-state index contributed by atoms with van der Waals surface area (Å²) in [6.07, 6.45) is 3.05. The number of para-hydroxylation sites is 1. The summed E-state index contributed by atoms with van der Waals surface area (Å²) in [6, 6.07) is 9.02. The van der Waals surface area contributed by atoms with Crippen LogP contribution in [0.3, 0.4) is 0 Å². The minimum atomic E-state index is -0.645. The summed E-state index contributed by atoms with van der Waals surface area (Å²) in [5.41, 5.74) is 1.52. The molecule has 1 unspecified atom stereocenters. The Balaban J connectivity index is 1.72. The average molecular weight is 286 g/mol. The van der Waals surface area contributed by atoms with Crippen LogP contribution in [0.4, 0.5) is 0 Å². The molecule has 0 bridgehead atoms. The molecule has 0 aliphatic carbocycles. The van der Waals surface area contributed by atoms with Crippen molar-refractivity contribution in [2.45, 2.75) is 12.6 Å². The van der Waals surface area contributed by atoms with Crippen LogP contribution in [-0.4, -0.2) is 34.1 Å². The highest BCUT2D eigenvalue weighted by atomic mass is 16.5. The van der Waals surface area contributed by atoms with Crippen LogP contribution < -0.4 is 10.1 Å². The normalized spacial score (nSPS) is 11.9. The molecule has 0 fully saturated rings. The van der Waals surface area contributed by atoms with Gasteiger partial charge in [0, 0.05) is 31.9 Å². The van der Waals surface area contributed by atoms with Crippen LogP contribution in [0.2, 0.25) is 0 Å². The van der Waals surface area contributed by atoms with Crippen LogP contribution >= 0.6 is 0 Å². The maximum absolute atomic E-state index is 9.87. The van der Waals surface area contributed by atoms with E-state index in [1.807, 2.05) is 13.2 Å². The molecule has 1 atom stereocenters. The first-order valence-corrected chi connectivity index (χ1v) is 6.67. The van der Waals surface area contributed by atoms with Crippen LogP contribution in [0.15, 0.2) is 36.7 Å². The van der Waals surface area contributed by atoms with E-state index in [2.05, 4.69) is 16.5 Å². The van der Waals surface area contributed by atoms with E-state index in [-0.39, 0.29) is 6.61 Å². The zero-order valence-corrected chi connectivity index (χ0v) is 11.9. The molecule has 6 nitrogen and oxygen atoms in total. The van der Waals surface area contributed by atoms with Crippen molar-refractivity contribution in [3.05, 3.63) is 47.8 Å². The van der Waals surface area contributed by atoms with E-state index in [0.29, 0.717) is 24.4 Å². The first-order chi connectivity index (χ1) is 10.2. The summed E-state index contributed by atoms with van der Waals surface area (Å²) in [6.45, 7) is 1.18. The molecular formula is C15H18N4O2. The summed E-state index contributed by atoms with van der Waals surface area (Å²) in [5.74, 6) is 0.492. The third-order valence-corrected chi connectivity index (χ3v) is 2.91. The third kappa shape index (κ3) is 4.60. The smallest absolute Gasteiger partial charge is 0.137 e. The number of aromatic nitrogens is 2. The number of rotatable bonds is 7. The highest BCUT2D eigenvalue weighted by molar-refractivity contribution is 5.42. The predicted octanol–water partition coefficient (Wildman–Crippen LogP) is 0.821. The standard InChI is InChI=1S/C15H18N4O2/c1-19-10-12(8-18-19)7-17-9-14(20)11-21-15-5-3-2-4-13(15)6-16/h2-5,8,10,14,17,20H,7,9,11H2,1H3. The Hall–Kier alpha value is -2.36. The Labute approximate surface area is 123 Å². The molecule has 0 spiro atoms. The van der Waals surface area contributed by atoms with Gasteiger partial charge in [-0.2, -0.15) is 10.4 Å². The fourth-order valence-corrected chi connectivity index (χ4v) is 1.88. The molecule has 0 saturated carbocycles. The van der Waals surface area contributed by atoms with Crippen LogP contribution in [0.1, 0.15) is 11.1 Å². The molecule has 1 heterocycles. The van der Waals surface area contributed by atoms with Crippen molar-refractivity contribution in [2.75, 3.05) is 13.2 Å². The maximum Gasteiger partial charge on any atom is 0.137 e. The topological polar surface area (TPSA) is 83.1 Å². The fourth-order valence-electron chi connectivity index (χ4n) is 1.88. The van der Waals surface area contributed by atoms with Gasteiger partial charge >= 0.3 is 0 Å². The van der Waals surface area contributed by atoms with Crippen molar-refractivity contribution in [2.24, 2.45) is 7.05 Å². The summed E-state index contributed by atoms with van der Waals surface area (Å²) < 4.78 is 7.20. The van der Waals surface area contributed by atoms with Crippen LogP contribution in [0.5, 0.6) is 5.75 Å². The average Bonchev–Trinajstić information content (AvgIpc) is 2.91. The van der Waals surface area contributed by atoms with Gasteiger partial charge in [0.15, 0.2) is 0 Å². The van der Waals surface area contributed by atoms with Crippen molar-refractivity contribution in [3.63, 3.8) is 0 Å². The van der Waals surface area contributed by atoms with Gasteiger partial charge in [0.25, 0.3) is 0 Å². The van der Waals surface area contributed by atoms with E-state index in [0.717, 1.165) is 5.56 Å². The number of aryl methyl sites for hydroxylation is 1. The van der Waals surface area contributed by atoms with Crippen molar-refractivity contribution in [1.82, 2.24) is 15.1 Å². The number of hydrogen-bond donors (Lipinski definition) is 2. The molecule has 0 radical (unpaired) electrons. The summed E-state index contributed by atoms with van der Waals surface area (Å²) in [4.78, 5) is 0. The van der Waals surface area contributed by atoms with Gasteiger partial charge in [-0.25, -0.2) is 0 Å². The second kappa shape index (κ2) is 7.43. The largest absolute Gasteiger partial charge is 0.489 e. The zero-order chi connectivity index (χ0) is 15.1. The van der Waals surface area contributed by atoms with Crippen molar-refractivity contribution < 1.29 is 9.84 Å². The lowest BCUT2D eigenvalue weighted by molar-refractivity contribution is 0.106. The molecular weight excluding hydrogens is 268 g/mol. The van der Waals surface area contributed by atoms with Gasteiger partial charge in [0.05, 0.1) is 11.8 Å². The molecule has 0 aliphatic rings. The molecule has 0 saturated heterocycles. The number of ether oxygens (including phenoxy) is 1. The highest BCUT2D eigenvalue weighted by Crippen LogP contribution is 2.16. The van der Waals surface area contributed by atoms with E-state index in [4.69, 9.17) is 10.00 Å². The van der Waals surface area contributed by atoms with Gasteiger partial charge in [-0.1, -0.05) is 12.1 Å². The van der Waals surface area contributed by atoms with E-state index in [1.165, 1.54) is 0 Å². The number of nitriles is 1. The first kappa shape index (κ1) is 15.0. The lowest BCUT2D eigenvalue weighted by Gasteiger charge is -2.13. The van der Waals surface area contributed by atoms with Gasteiger partial charge in [0.1, 0.15) is 24.5 Å². The number of benzene rings is 1. The molecule has 2 rings (SSSR count). The van der Waals surface area contributed by atoms with Crippen LogP contribution in [0, 0.1) is 11.3 Å². The molecule has 2 aromatic rings. The summed E-state index contributed by atoms with van der Waals surface area (Å²) in [7, 11) is 1.86. The number of aliphatic hydroxyl groups is 1. The second-order valence-electron chi connectivity index (χ2n) is 4.73. The van der Waals surface area contributed by atoms with E-state index >= 15 is 0 Å². The van der Waals surface area contributed by atoms with Gasteiger partial charge in [-0.05, 0) is 12.1 Å². The van der Waals surface area contributed by atoms with E-state index in [9.17, 15) is 5.11 Å². The number of nitrogens with zero attached hydrogens (tertiary/aromatic N) is 3. The SMILES string of the molecule is Cn1cc(CNCC(O)COc2ccccc2C#N)cn1. The monoisotopic (exact) mass is 286 g/mol. The van der Waals surface area contributed by atoms with Gasteiger partial charge in [-0.3, -0.25) is 4.68 Å². The third-order valence-electron chi connectivity index (χ3n) is 2.91. The Morgan fingerprint density at radius 1 is 1.48 bits per heavy atom. The van der Waals surface area contributed by atoms with Crippen molar-refractivity contribution in [3.8, 4) is 11.8 Å². The molecule has 110 valence electrons. The number of nitrogens with one attached hydrogen (secondary N) is 1. The lowest BCUT2D eigenvalue weighted by Crippen LogP contribution is -2.31. The van der Waals surface area contributed by atoms with Gasteiger partial charge < -0.3 is 15.2 Å². The molecule has 21 heavy (non-hydrogen) atoms. The number of aliphatic hydroxyl groups excluding tert-OH is 1. The Morgan fingerprint density at radius 2 is 2.29 bits per heavy atom. The maximum atomic E-state index is 9.87. The molecule has 0 amide bonds. The van der Waals surface area contributed by atoms with Crippen molar-refractivity contribution in [1.29, 1.82) is 5.26 Å². The highest BCUT2D eigenvalue weighted by Gasteiger charge is 2.07. The van der Waals surface area contributed by atoms with Crippen molar-refractivity contribution >= 4 is 0 Å². The predicted molar refractivity (Wildman–Crippen MR) is 77.6 cm³/mol. The second-order valence-corrected chi connectivity index (χ2v) is 4.73. The Morgan fingerprint density at radius 3 is 3.00 bits per heavy atom. The molecule has 1 aromatic carbocycles. The van der Waals surface area contributed by atoms with Crippen LogP contribution in [0.25, 0.3) is 0 Å². The molecule has 6 heteroatoms. The van der Waals surface area contributed by atoms with E-state index < -0.39 is 6.10 Å². The molecule has 1 aromatic heterocycles. The fraction of sp³-hybridized carbons (Fsp3) is 0.333. The van der Waals surface area contributed by atoms with Crippen LogP contribution in [-0.2, 0) is 13.6 Å².